The third-order valence-electron chi connectivity index (χ3n) is 4.05. The van der Waals surface area contributed by atoms with Crippen LogP contribution >= 0.6 is 27.3 Å². The van der Waals surface area contributed by atoms with E-state index in [1.807, 2.05) is 0 Å². The van der Waals surface area contributed by atoms with Crippen LogP contribution in [-0.4, -0.2) is 41.0 Å². The lowest BCUT2D eigenvalue weighted by molar-refractivity contribution is -0.131. The van der Waals surface area contributed by atoms with Gasteiger partial charge in [-0.15, -0.1) is 11.3 Å². The van der Waals surface area contributed by atoms with Gasteiger partial charge in [-0.2, -0.15) is 0 Å². The van der Waals surface area contributed by atoms with Gasteiger partial charge in [0.15, 0.2) is 0 Å². The number of nitrogens with zero attached hydrogens (tertiary/aromatic N) is 1. The molecular formula is C17H16BrFN2O3S. The Hall–Kier alpha value is -1.77. The van der Waals surface area contributed by atoms with E-state index in [9.17, 15) is 19.1 Å². The summed E-state index contributed by atoms with van der Waals surface area (Å²) in [5, 5.41) is 12.5. The fourth-order valence-electron chi connectivity index (χ4n) is 2.87. The summed E-state index contributed by atoms with van der Waals surface area (Å²) in [6.45, 7) is 0.0417. The molecule has 1 aliphatic rings. The molecule has 5 nitrogen and oxygen atoms in total. The van der Waals surface area contributed by atoms with Gasteiger partial charge in [0, 0.05) is 6.54 Å². The zero-order valence-electron chi connectivity index (χ0n) is 13.1. The molecule has 0 unspecified atom stereocenters. The fraction of sp³-hybridized carbons (Fsp3) is 0.294. The van der Waals surface area contributed by atoms with Crippen molar-refractivity contribution in [2.45, 2.75) is 18.6 Å². The second-order valence-corrected chi connectivity index (χ2v) is 8.25. The second-order valence-electron chi connectivity index (χ2n) is 5.79. The van der Waals surface area contributed by atoms with E-state index in [1.54, 1.807) is 24.3 Å². The highest BCUT2D eigenvalue weighted by Crippen LogP contribution is 2.32. The van der Waals surface area contributed by atoms with Crippen molar-refractivity contribution < 1.29 is 19.1 Å². The van der Waals surface area contributed by atoms with Gasteiger partial charge in [0.2, 0.25) is 5.91 Å². The lowest BCUT2D eigenvalue weighted by Crippen LogP contribution is -2.40. The van der Waals surface area contributed by atoms with E-state index in [1.165, 1.54) is 28.4 Å². The molecule has 1 aromatic carbocycles. The summed E-state index contributed by atoms with van der Waals surface area (Å²) in [5.41, 5.74) is 0.764. The Morgan fingerprint density at radius 3 is 2.64 bits per heavy atom. The number of carbonyl (C=O) groups is 2. The van der Waals surface area contributed by atoms with E-state index in [0.717, 1.165) is 9.35 Å². The number of aliphatic hydroxyl groups excluding tert-OH is 1. The van der Waals surface area contributed by atoms with E-state index >= 15 is 0 Å². The number of hydrogen-bond acceptors (Lipinski definition) is 4. The number of aliphatic hydroxyl groups is 1. The molecule has 8 heteroatoms. The molecule has 1 aromatic heterocycles. The first-order valence-electron chi connectivity index (χ1n) is 7.70. The Labute approximate surface area is 156 Å². The monoisotopic (exact) mass is 426 g/mol. The summed E-state index contributed by atoms with van der Waals surface area (Å²) in [6, 6.07) is 9.01. The van der Waals surface area contributed by atoms with Crippen LogP contribution in [0, 0.1) is 5.82 Å². The maximum atomic E-state index is 13.1. The van der Waals surface area contributed by atoms with Crippen molar-refractivity contribution in [2.24, 2.45) is 0 Å². The number of hydrogen-bond donors (Lipinski definition) is 2. The van der Waals surface area contributed by atoms with Gasteiger partial charge in [-0.1, -0.05) is 12.1 Å². The maximum Gasteiger partial charge on any atom is 0.261 e. The molecule has 1 fully saturated rings. The molecule has 2 aromatic rings. The van der Waals surface area contributed by atoms with Crippen LogP contribution in [-0.2, 0) is 4.79 Å². The minimum atomic E-state index is -0.636. The summed E-state index contributed by atoms with van der Waals surface area (Å²) in [5.74, 6) is -0.952. The highest BCUT2D eigenvalue weighted by molar-refractivity contribution is 9.11. The lowest BCUT2D eigenvalue weighted by Gasteiger charge is -2.25. The number of likely N-dealkylation sites (tertiary alicyclic amines) is 1. The SMILES string of the molecule is O=C(NCC(=O)N1C[C@@H](O)C[C@@H]1c1ccc(F)cc1)c1ccc(Br)s1. The van der Waals surface area contributed by atoms with Crippen molar-refractivity contribution in [3.05, 3.63) is 56.4 Å². The Morgan fingerprint density at radius 1 is 1.28 bits per heavy atom. The number of benzene rings is 1. The second kappa shape index (κ2) is 7.63. The highest BCUT2D eigenvalue weighted by Gasteiger charge is 2.35. The number of nitrogens with one attached hydrogen (secondary N) is 1. The first-order chi connectivity index (χ1) is 11.9. The average molecular weight is 427 g/mol. The van der Waals surface area contributed by atoms with Crippen molar-refractivity contribution >= 4 is 39.1 Å². The number of rotatable bonds is 4. The van der Waals surface area contributed by atoms with Crippen molar-refractivity contribution in [3.8, 4) is 0 Å². The van der Waals surface area contributed by atoms with E-state index in [4.69, 9.17) is 0 Å². The molecule has 3 rings (SSSR count). The van der Waals surface area contributed by atoms with Crippen LogP contribution in [0.3, 0.4) is 0 Å². The van der Waals surface area contributed by atoms with Crippen molar-refractivity contribution in [3.63, 3.8) is 0 Å². The molecule has 2 N–H and O–H groups in total. The van der Waals surface area contributed by atoms with Gasteiger partial charge in [0.05, 0.1) is 27.4 Å². The molecule has 2 amide bonds. The number of amides is 2. The van der Waals surface area contributed by atoms with Gasteiger partial charge in [-0.05, 0) is 52.2 Å². The number of β-amino-alcohol motifs (C(OH)–C–C–N with tert-alkyl or cyclic N) is 1. The summed E-state index contributed by atoms with van der Waals surface area (Å²) >= 11 is 4.57. The third kappa shape index (κ3) is 4.26. The summed E-state index contributed by atoms with van der Waals surface area (Å²) < 4.78 is 13.9. The summed E-state index contributed by atoms with van der Waals surface area (Å²) in [4.78, 5) is 26.6. The van der Waals surface area contributed by atoms with Gasteiger partial charge in [0.25, 0.3) is 5.91 Å². The smallest absolute Gasteiger partial charge is 0.261 e. The predicted molar refractivity (Wildman–Crippen MR) is 95.8 cm³/mol. The van der Waals surface area contributed by atoms with Crippen molar-refractivity contribution in [1.29, 1.82) is 0 Å². The molecular weight excluding hydrogens is 411 g/mol. The number of carbonyl (C=O) groups excluding carboxylic acids is 2. The zero-order chi connectivity index (χ0) is 18.0. The normalized spacial score (nSPS) is 19.9. The third-order valence-corrected chi connectivity index (χ3v) is 5.67. The first kappa shape index (κ1) is 18.0. The van der Waals surface area contributed by atoms with E-state index in [2.05, 4.69) is 21.2 Å². The molecule has 132 valence electrons. The van der Waals surface area contributed by atoms with Gasteiger partial charge in [-0.3, -0.25) is 9.59 Å². The molecule has 2 atom stereocenters. The minimum Gasteiger partial charge on any atom is -0.391 e. The number of halogens is 2. The van der Waals surface area contributed by atoms with Gasteiger partial charge in [0.1, 0.15) is 5.82 Å². The minimum absolute atomic E-state index is 0.154. The molecule has 0 saturated carbocycles. The first-order valence-corrected chi connectivity index (χ1v) is 9.31. The van der Waals surface area contributed by atoms with Crippen LogP contribution in [0.1, 0.15) is 27.7 Å². The van der Waals surface area contributed by atoms with Gasteiger partial charge >= 0.3 is 0 Å². The van der Waals surface area contributed by atoms with Crippen LogP contribution in [0.25, 0.3) is 0 Å². The molecule has 1 aliphatic heterocycles. The summed E-state index contributed by atoms with van der Waals surface area (Å²) in [7, 11) is 0. The van der Waals surface area contributed by atoms with Gasteiger partial charge < -0.3 is 15.3 Å². The van der Waals surface area contributed by atoms with E-state index in [-0.39, 0.29) is 36.8 Å². The van der Waals surface area contributed by atoms with E-state index in [0.29, 0.717) is 11.3 Å². The topological polar surface area (TPSA) is 69.6 Å². The van der Waals surface area contributed by atoms with Crippen LogP contribution in [0.4, 0.5) is 4.39 Å². The molecule has 25 heavy (non-hydrogen) atoms. The Morgan fingerprint density at radius 2 is 2.00 bits per heavy atom. The maximum absolute atomic E-state index is 13.1. The zero-order valence-corrected chi connectivity index (χ0v) is 15.5. The predicted octanol–water partition coefficient (Wildman–Crippen LogP) is 2.71. The largest absolute Gasteiger partial charge is 0.391 e. The highest BCUT2D eigenvalue weighted by atomic mass is 79.9. The molecule has 0 radical (unpaired) electrons. The number of thiophene rings is 1. The molecule has 0 bridgehead atoms. The lowest BCUT2D eigenvalue weighted by atomic mass is 10.0. The average Bonchev–Trinajstić information content (AvgIpc) is 3.19. The van der Waals surface area contributed by atoms with Crippen LogP contribution < -0.4 is 5.32 Å². The van der Waals surface area contributed by atoms with E-state index < -0.39 is 6.10 Å². The Kier molecular flexibility index (Phi) is 5.51. The van der Waals surface area contributed by atoms with Crippen molar-refractivity contribution in [2.75, 3.05) is 13.1 Å². The van der Waals surface area contributed by atoms with Crippen LogP contribution in [0.2, 0.25) is 0 Å². The molecule has 2 heterocycles. The van der Waals surface area contributed by atoms with Crippen molar-refractivity contribution in [1.82, 2.24) is 10.2 Å². The standard InChI is InChI=1S/C17H16BrFN2O3S/c18-15-6-5-14(25-15)17(24)20-8-16(23)21-9-12(22)7-13(21)10-1-3-11(19)4-2-10/h1-6,12-13,22H,7-9H2,(H,20,24)/t12-,13+/m0/s1. The fourth-order valence-corrected chi connectivity index (χ4v) is 4.17. The Balaban J connectivity index is 1.65. The van der Waals surface area contributed by atoms with Crippen LogP contribution in [0.15, 0.2) is 40.2 Å². The Bertz CT molecular complexity index is 780. The molecule has 1 saturated heterocycles. The van der Waals surface area contributed by atoms with Gasteiger partial charge in [-0.25, -0.2) is 4.39 Å². The molecule has 0 spiro atoms. The quantitative estimate of drug-likeness (QED) is 0.789. The molecule has 0 aliphatic carbocycles. The summed E-state index contributed by atoms with van der Waals surface area (Å²) in [6.07, 6.45) is -0.244. The van der Waals surface area contributed by atoms with Crippen LogP contribution in [0.5, 0.6) is 0 Å².